The Morgan fingerprint density at radius 2 is 2.00 bits per heavy atom. The van der Waals surface area contributed by atoms with E-state index in [1.807, 2.05) is 14.1 Å². The topological polar surface area (TPSA) is 79.3 Å². The Morgan fingerprint density at radius 1 is 1.19 bits per heavy atom. The van der Waals surface area contributed by atoms with Crippen LogP contribution in [-0.4, -0.2) is 47.3 Å². The lowest BCUT2D eigenvalue weighted by molar-refractivity contribution is 0.0866. The van der Waals surface area contributed by atoms with E-state index >= 15 is 0 Å². The van der Waals surface area contributed by atoms with E-state index in [0.29, 0.717) is 22.5 Å². The summed E-state index contributed by atoms with van der Waals surface area (Å²) in [6.45, 7) is 0.236. The number of likely N-dealkylation sites (N-methyl/N-ethyl adjacent to an activating group) is 1. The highest BCUT2D eigenvalue weighted by Crippen LogP contribution is 2.47. The SMILES string of the molecule is CN(C)CC(=O)n1ncc2c(NC(=O)NC3CCc4c3ccc(F)c4C3CC3)cccc21. The number of benzene rings is 2. The van der Waals surface area contributed by atoms with E-state index in [-0.39, 0.29) is 30.3 Å². The van der Waals surface area contributed by atoms with Crippen molar-refractivity contribution in [2.45, 2.75) is 37.6 Å². The van der Waals surface area contributed by atoms with Crippen LogP contribution >= 0.6 is 0 Å². The Labute approximate surface area is 185 Å². The molecule has 2 N–H and O–H groups in total. The summed E-state index contributed by atoms with van der Waals surface area (Å²) in [5.41, 5.74) is 4.17. The lowest BCUT2D eigenvalue weighted by Gasteiger charge is -2.16. The summed E-state index contributed by atoms with van der Waals surface area (Å²) in [4.78, 5) is 27.0. The molecule has 2 aliphatic rings. The number of rotatable bonds is 5. The molecule has 0 bridgehead atoms. The quantitative estimate of drug-likeness (QED) is 0.633. The summed E-state index contributed by atoms with van der Waals surface area (Å²) < 4.78 is 15.7. The summed E-state index contributed by atoms with van der Waals surface area (Å²) in [6, 6.07) is 8.23. The van der Waals surface area contributed by atoms with Gasteiger partial charge in [0.15, 0.2) is 0 Å². The van der Waals surface area contributed by atoms with E-state index in [4.69, 9.17) is 0 Å². The van der Waals surface area contributed by atoms with E-state index < -0.39 is 0 Å². The fourth-order valence-corrected chi connectivity index (χ4v) is 4.68. The Bertz CT molecular complexity index is 1210. The van der Waals surface area contributed by atoms with Crippen LogP contribution < -0.4 is 10.6 Å². The summed E-state index contributed by atoms with van der Waals surface area (Å²) in [5.74, 6) is 0.0681. The van der Waals surface area contributed by atoms with Crippen molar-refractivity contribution in [1.82, 2.24) is 20.0 Å². The van der Waals surface area contributed by atoms with E-state index in [2.05, 4.69) is 15.7 Å². The van der Waals surface area contributed by atoms with Crippen LogP contribution in [0.2, 0.25) is 0 Å². The molecular formula is C24H26FN5O2. The van der Waals surface area contributed by atoms with Gasteiger partial charge in [-0.3, -0.25) is 4.79 Å². The predicted molar refractivity (Wildman–Crippen MR) is 121 cm³/mol. The fourth-order valence-electron chi connectivity index (χ4n) is 4.68. The number of anilines is 1. The van der Waals surface area contributed by atoms with Gasteiger partial charge in [0.2, 0.25) is 0 Å². The van der Waals surface area contributed by atoms with Gasteiger partial charge in [-0.1, -0.05) is 12.1 Å². The molecule has 1 heterocycles. The molecule has 1 atom stereocenters. The molecule has 7 nitrogen and oxygen atoms in total. The maximum atomic E-state index is 14.4. The molecule has 2 aliphatic carbocycles. The number of aromatic nitrogens is 2. The maximum Gasteiger partial charge on any atom is 0.319 e. The number of halogens is 1. The first kappa shape index (κ1) is 20.6. The van der Waals surface area contributed by atoms with E-state index in [1.165, 1.54) is 10.7 Å². The average Bonchev–Trinajstić information content (AvgIpc) is 3.34. The zero-order valence-corrected chi connectivity index (χ0v) is 18.2. The highest BCUT2D eigenvalue weighted by molar-refractivity contribution is 6.03. The Hall–Kier alpha value is -3.26. The van der Waals surface area contributed by atoms with Crippen molar-refractivity contribution in [2.75, 3.05) is 26.0 Å². The first-order chi connectivity index (χ1) is 15.4. The standard InChI is InChI=1S/C24H26FN5O2/c1-29(2)13-22(31)30-21-5-3-4-19(17(21)12-26-30)27-24(32)28-20-11-9-16-15(20)8-10-18(25)23(16)14-6-7-14/h3-5,8,10,12,14,20H,6-7,9,11,13H2,1-2H3,(H2,27,28,32). The van der Waals surface area contributed by atoms with Gasteiger partial charge in [-0.15, -0.1) is 0 Å². The van der Waals surface area contributed by atoms with Crippen molar-refractivity contribution in [3.05, 3.63) is 59.0 Å². The molecular weight excluding hydrogens is 409 g/mol. The second-order valence-electron chi connectivity index (χ2n) is 8.92. The smallest absolute Gasteiger partial charge is 0.319 e. The zero-order valence-electron chi connectivity index (χ0n) is 18.2. The van der Waals surface area contributed by atoms with Gasteiger partial charge in [0, 0.05) is 5.39 Å². The minimum atomic E-state index is -0.333. The largest absolute Gasteiger partial charge is 0.331 e. The zero-order chi connectivity index (χ0) is 22.4. The molecule has 2 aromatic carbocycles. The molecule has 5 rings (SSSR count). The van der Waals surface area contributed by atoms with Crippen LogP contribution in [0.15, 0.2) is 36.5 Å². The molecule has 1 saturated carbocycles. The normalized spacial score (nSPS) is 17.6. The van der Waals surface area contributed by atoms with Crippen molar-refractivity contribution >= 4 is 28.5 Å². The monoisotopic (exact) mass is 435 g/mol. The molecule has 0 saturated heterocycles. The van der Waals surface area contributed by atoms with Gasteiger partial charge in [0.05, 0.1) is 30.0 Å². The minimum Gasteiger partial charge on any atom is -0.331 e. The summed E-state index contributed by atoms with van der Waals surface area (Å²) in [6.07, 6.45) is 5.21. The molecule has 166 valence electrons. The predicted octanol–water partition coefficient (Wildman–Crippen LogP) is 4.06. The number of carbonyl (C=O) groups excluding carboxylic acids is 2. The molecule has 0 radical (unpaired) electrons. The van der Waals surface area contributed by atoms with E-state index in [0.717, 1.165) is 42.4 Å². The summed E-state index contributed by atoms with van der Waals surface area (Å²) in [7, 11) is 3.65. The number of amides is 2. The van der Waals surface area contributed by atoms with Crippen LogP contribution in [0.25, 0.3) is 10.9 Å². The van der Waals surface area contributed by atoms with Gasteiger partial charge in [0.1, 0.15) is 5.82 Å². The molecule has 2 amide bonds. The Kier molecular flexibility index (Phi) is 5.17. The number of carbonyl (C=O) groups is 2. The van der Waals surface area contributed by atoms with Crippen molar-refractivity contribution in [2.24, 2.45) is 0 Å². The van der Waals surface area contributed by atoms with Crippen LogP contribution in [0.5, 0.6) is 0 Å². The van der Waals surface area contributed by atoms with Crippen molar-refractivity contribution in [3.63, 3.8) is 0 Å². The number of fused-ring (bicyclic) bond motifs is 2. The van der Waals surface area contributed by atoms with Crippen LogP contribution in [0.1, 0.15) is 52.7 Å². The van der Waals surface area contributed by atoms with Crippen molar-refractivity contribution in [3.8, 4) is 0 Å². The van der Waals surface area contributed by atoms with Crippen molar-refractivity contribution in [1.29, 1.82) is 0 Å². The van der Waals surface area contributed by atoms with Crippen molar-refractivity contribution < 1.29 is 14.0 Å². The van der Waals surface area contributed by atoms with Crippen LogP contribution in [0.4, 0.5) is 14.9 Å². The highest BCUT2D eigenvalue weighted by Gasteiger charge is 2.34. The van der Waals surface area contributed by atoms with Gasteiger partial charge < -0.3 is 15.5 Å². The number of nitrogens with one attached hydrogen (secondary N) is 2. The fraction of sp³-hybridized carbons (Fsp3) is 0.375. The van der Waals surface area contributed by atoms with E-state index in [9.17, 15) is 14.0 Å². The molecule has 0 aliphatic heterocycles. The number of hydrogen-bond donors (Lipinski definition) is 2. The summed E-state index contributed by atoms with van der Waals surface area (Å²) >= 11 is 0. The molecule has 1 unspecified atom stereocenters. The van der Waals surface area contributed by atoms with Gasteiger partial charge in [0.25, 0.3) is 5.91 Å². The Balaban J connectivity index is 1.33. The van der Waals surface area contributed by atoms with E-state index in [1.54, 1.807) is 35.4 Å². The molecule has 32 heavy (non-hydrogen) atoms. The molecule has 3 aromatic rings. The third kappa shape index (κ3) is 3.75. The maximum absolute atomic E-state index is 14.4. The third-order valence-corrected chi connectivity index (χ3v) is 6.24. The van der Waals surface area contributed by atoms with Gasteiger partial charge >= 0.3 is 6.03 Å². The van der Waals surface area contributed by atoms with Crippen LogP contribution in [-0.2, 0) is 6.42 Å². The minimum absolute atomic E-state index is 0.121. The molecule has 8 heteroatoms. The first-order valence-corrected chi connectivity index (χ1v) is 11.0. The first-order valence-electron chi connectivity index (χ1n) is 11.0. The van der Waals surface area contributed by atoms with Gasteiger partial charge in [-0.25, -0.2) is 9.18 Å². The molecule has 1 fully saturated rings. The number of hydrogen-bond acceptors (Lipinski definition) is 4. The lowest BCUT2D eigenvalue weighted by atomic mass is 9.98. The number of urea groups is 1. The average molecular weight is 436 g/mol. The molecule has 1 aromatic heterocycles. The van der Waals surface area contributed by atoms with Gasteiger partial charge in [-0.2, -0.15) is 9.78 Å². The lowest BCUT2D eigenvalue weighted by Crippen LogP contribution is -2.31. The van der Waals surface area contributed by atoms with Gasteiger partial charge in [-0.05, 0) is 80.6 Å². The Morgan fingerprint density at radius 3 is 2.75 bits per heavy atom. The number of nitrogens with zero attached hydrogens (tertiary/aromatic N) is 3. The second-order valence-corrected chi connectivity index (χ2v) is 8.92. The van der Waals surface area contributed by atoms with Crippen LogP contribution in [0.3, 0.4) is 0 Å². The van der Waals surface area contributed by atoms with Crippen LogP contribution in [0, 0.1) is 5.82 Å². The summed E-state index contributed by atoms with van der Waals surface area (Å²) in [5, 5.41) is 10.9. The highest BCUT2D eigenvalue weighted by atomic mass is 19.1. The second kappa shape index (κ2) is 8.02. The third-order valence-electron chi connectivity index (χ3n) is 6.24. The molecule has 0 spiro atoms.